The number of methoxy groups -OCH3 is 1. The summed E-state index contributed by atoms with van der Waals surface area (Å²) in [6.45, 7) is 2.65. The third-order valence-corrected chi connectivity index (χ3v) is 5.25. The van der Waals surface area contributed by atoms with Crippen LogP contribution in [-0.4, -0.2) is 36.9 Å². The second-order valence-electron chi connectivity index (χ2n) is 6.50. The molecule has 7 heteroatoms. The van der Waals surface area contributed by atoms with E-state index in [2.05, 4.69) is 5.32 Å². The number of ether oxygens (including phenoxy) is 2. The van der Waals surface area contributed by atoms with Crippen LogP contribution in [0.5, 0.6) is 11.5 Å². The smallest absolute Gasteiger partial charge is 0.254 e. The molecule has 0 unspecified atom stereocenters. The predicted molar refractivity (Wildman–Crippen MR) is 118 cm³/mol. The van der Waals surface area contributed by atoms with E-state index >= 15 is 0 Å². The molecule has 0 spiro atoms. The minimum absolute atomic E-state index is 0.0488. The quantitative estimate of drug-likeness (QED) is 0.552. The number of benzene rings is 2. The zero-order valence-corrected chi connectivity index (χ0v) is 17.8. The van der Waals surface area contributed by atoms with Crippen LogP contribution in [0.1, 0.15) is 22.2 Å². The Morgan fingerprint density at radius 2 is 1.83 bits per heavy atom. The Morgan fingerprint density at radius 1 is 1.03 bits per heavy atom. The summed E-state index contributed by atoms with van der Waals surface area (Å²) >= 11 is 1.62. The van der Waals surface area contributed by atoms with Gasteiger partial charge in [-0.05, 0) is 48.7 Å². The molecule has 3 aromatic rings. The van der Waals surface area contributed by atoms with Gasteiger partial charge in [0.1, 0.15) is 24.7 Å². The molecule has 0 saturated carbocycles. The van der Waals surface area contributed by atoms with Gasteiger partial charge >= 0.3 is 0 Å². The van der Waals surface area contributed by atoms with Crippen molar-refractivity contribution in [3.8, 4) is 11.5 Å². The number of carbonyl (C=O) groups excluding carboxylic acids is 2. The van der Waals surface area contributed by atoms with Crippen molar-refractivity contribution in [3.05, 3.63) is 76.5 Å². The molecule has 0 fully saturated rings. The highest BCUT2D eigenvalue weighted by molar-refractivity contribution is 7.09. The number of nitrogens with one attached hydrogen (secondary N) is 1. The Balaban J connectivity index is 1.62. The van der Waals surface area contributed by atoms with Gasteiger partial charge in [-0.1, -0.05) is 18.2 Å². The van der Waals surface area contributed by atoms with Crippen LogP contribution in [0.15, 0.2) is 66.0 Å². The molecule has 0 aliphatic heterocycles. The van der Waals surface area contributed by atoms with Gasteiger partial charge in [-0.15, -0.1) is 11.3 Å². The molecule has 0 radical (unpaired) electrons. The fourth-order valence-corrected chi connectivity index (χ4v) is 3.47. The number of hydrogen-bond acceptors (Lipinski definition) is 5. The van der Waals surface area contributed by atoms with Crippen LogP contribution in [-0.2, 0) is 11.4 Å². The first kappa shape index (κ1) is 21.4. The summed E-state index contributed by atoms with van der Waals surface area (Å²) in [7, 11) is 1.57. The van der Waals surface area contributed by atoms with E-state index in [0.29, 0.717) is 35.9 Å². The van der Waals surface area contributed by atoms with Gasteiger partial charge in [0.2, 0.25) is 5.91 Å². The van der Waals surface area contributed by atoms with Gasteiger partial charge in [0.15, 0.2) is 0 Å². The molecule has 6 nitrogen and oxygen atoms in total. The number of anilines is 1. The molecule has 156 valence electrons. The first-order chi connectivity index (χ1) is 14.6. The van der Waals surface area contributed by atoms with Crippen molar-refractivity contribution in [1.29, 1.82) is 0 Å². The highest BCUT2D eigenvalue weighted by Crippen LogP contribution is 2.19. The largest absolute Gasteiger partial charge is 0.497 e. The average molecular weight is 425 g/mol. The van der Waals surface area contributed by atoms with Crippen LogP contribution in [0, 0.1) is 0 Å². The lowest BCUT2D eigenvalue weighted by atomic mass is 10.2. The van der Waals surface area contributed by atoms with Gasteiger partial charge in [0.05, 0.1) is 7.11 Å². The van der Waals surface area contributed by atoms with Crippen molar-refractivity contribution in [1.82, 2.24) is 4.90 Å². The molecule has 2 aromatic carbocycles. The van der Waals surface area contributed by atoms with E-state index < -0.39 is 0 Å². The van der Waals surface area contributed by atoms with E-state index in [-0.39, 0.29) is 18.4 Å². The zero-order chi connectivity index (χ0) is 21.3. The van der Waals surface area contributed by atoms with E-state index in [1.165, 1.54) is 4.90 Å². The summed E-state index contributed by atoms with van der Waals surface area (Å²) in [5.41, 5.74) is 1.10. The molecular weight excluding hydrogens is 400 g/mol. The van der Waals surface area contributed by atoms with Crippen LogP contribution < -0.4 is 14.8 Å². The third kappa shape index (κ3) is 5.84. The number of nitrogens with zero attached hydrogens (tertiary/aromatic N) is 1. The maximum absolute atomic E-state index is 12.9. The summed E-state index contributed by atoms with van der Waals surface area (Å²) in [6.07, 6.45) is 0. The fourth-order valence-electron chi connectivity index (χ4n) is 2.85. The van der Waals surface area contributed by atoms with Gasteiger partial charge in [-0.2, -0.15) is 0 Å². The van der Waals surface area contributed by atoms with E-state index in [0.717, 1.165) is 4.88 Å². The molecule has 3 rings (SSSR count). The van der Waals surface area contributed by atoms with Crippen LogP contribution >= 0.6 is 11.3 Å². The first-order valence-electron chi connectivity index (χ1n) is 9.57. The first-order valence-corrected chi connectivity index (χ1v) is 10.5. The van der Waals surface area contributed by atoms with Crippen molar-refractivity contribution in [2.24, 2.45) is 0 Å². The maximum atomic E-state index is 12.9. The summed E-state index contributed by atoms with van der Waals surface area (Å²) in [5, 5.41) is 4.79. The van der Waals surface area contributed by atoms with Gasteiger partial charge in [-0.3, -0.25) is 9.59 Å². The molecule has 0 aliphatic rings. The lowest BCUT2D eigenvalue weighted by Gasteiger charge is -2.21. The van der Waals surface area contributed by atoms with Gasteiger partial charge in [0, 0.05) is 28.7 Å². The average Bonchev–Trinajstić information content (AvgIpc) is 3.29. The molecule has 0 atom stereocenters. The topological polar surface area (TPSA) is 67.9 Å². The monoisotopic (exact) mass is 424 g/mol. The Bertz CT molecular complexity index is 988. The van der Waals surface area contributed by atoms with E-state index in [1.807, 2.05) is 30.5 Å². The lowest BCUT2D eigenvalue weighted by molar-refractivity contribution is -0.116. The van der Waals surface area contributed by atoms with Crippen LogP contribution in [0.4, 0.5) is 5.69 Å². The highest BCUT2D eigenvalue weighted by Gasteiger charge is 2.18. The number of hydrogen-bond donors (Lipinski definition) is 1. The number of carbonyl (C=O) groups is 2. The third-order valence-electron chi connectivity index (χ3n) is 4.40. The van der Waals surface area contributed by atoms with Crippen LogP contribution in [0.25, 0.3) is 0 Å². The SMILES string of the molecule is CCN(CC(=O)Nc1cccc(OC)c1)C(=O)c1cccc(OCc2cccs2)c1. The zero-order valence-electron chi connectivity index (χ0n) is 17.0. The number of amides is 2. The van der Waals surface area contributed by atoms with Crippen molar-refractivity contribution in [3.63, 3.8) is 0 Å². The van der Waals surface area contributed by atoms with Gasteiger partial charge in [-0.25, -0.2) is 0 Å². The summed E-state index contributed by atoms with van der Waals surface area (Å²) in [4.78, 5) is 28.0. The highest BCUT2D eigenvalue weighted by atomic mass is 32.1. The molecular formula is C23H24N2O4S. The molecule has 0 bridgehead atoms. The second-order valence-corrected chi connectivity index (χ2v) is 7.53. The summed E-state index contributed by atoms with van der Waals surface area (Å²) in [5.74, 6) is 0.769. The molecule has 2 amide bonds. The molecule has 0 saturated heterocycles. The minimum Gasteiger partial charge on any atom is -0.497 e. The van der Waals surface area contributed by atoms with Crippen molar-refractivity contribution < 1.29 is 19.1 Å². The standard InChI is InChI=1S/C23H24N2O4S/c1-3-25(15-22(26)24-18-8-5-9-19(14-18)28-2)23(27)17-7-4-10-20(13-17)29-16-21-11-6-12-30-21/h4-14H,3,15-16H2,1-2H3,(H,24,26). The van der Waals surface area contributed by atoms with Crippen molar-refractivity contribution >= 4 is 28.8 Å². The Morgan fingerprint density at radius 3 is 2.57 bits per heavy atom. The summed E-state index contributed by atoms with van der Waals surface area (Å²) in [6, 6.07) is 18.1. The molecule has 0 aliphatic carbocycles. The van der Waals surface area contributed by atoms with E-state index in [9.17, 15) is 9.59 Å². The fraction of sp³-hybridized carbons (Fsp3) is 0.217. The van der Waals surface area contributed by atoms with Crippen LogP contribution in [0.3, 0.4) is 0 Å². The molecule has 1 heterocycles. The van der Waals surface area contributed by atoms with Crippen LogP contribution in [0.2, 0.25) is 0 Å². The van der Waals surface area contributed by atoms with Crippen molar-refractivity contribution in [2.75, 3.05) is 25.5 Å². The lowest BCUT2D eigenvalue weighted by Crippen LogP contribution is -2.37. The number of likely N-dealkylation sites (N-methyl/N-ethyl adjacent to an activating group) is 1. The Kier molecular flexibility index (Phi) is 7.45. The number of rotatable bonds is 9. The molecule has 1 aromatic heterocycles. The van der Waals surface area contributed by atoms with E-state index in [4.69, 9.17) is 9.47 Å². The van der Waals surface area contributed by atoms with Crippen molar-refractivity contribution in [2.45, 2.75) is 13.5 Å². The second kappa shape index (κ2) is 10.5. The normalized spacial score (nSPS) is 10.3. The van der Waals surface area contributed by atoms with E-state index in [1.54, 1.807) is 60.9 Å². The maximum Gasteiger partial charge on any atom is 0.254 e. The number of thiophene rings is 1. The predicted octanol–water partition coefficient (Wildman–Crippen LogP) is 4.44. The molecule has 1 N–H and O–H groups in total. The van der Waals surface area contributed by atoms with Gasteiger partial charge in [0.25, 0.3) is 5.91 Å². The summed E-state index contributed by atoms with van der Waals surface area (Å²) < 4.78 is 10.9. The minimum atomic E-state index is -0.274. The van der Waals surface area contributed by atoms with Gasteiger partial charge < -0.3 is 19.7 Å². The Labute approximate surface area is 180 Å². The Hall–Kier alpha value is -3.32. The molecule has 30 heavy (non-hydrogen) atoms.